The second-order valence-electron chi connectivity index (χ2n) is 4.00. The molecule has 0 fully saturated rings. The van der Waals surface area contributed by atoms with Crippen molar-refractivity contribution in [2.45, 2.75) is 19.2 Å². The van der Waals surface area contributed by atoms with E-state index in [0.717, 1.165) is 14.5 Å². The zero-order valence-corrected chi connectivity index (χ0v) is 13.4. The molecule has 0 nitrogen and oxygen atoms in total. The van der Waals surface area contributed by atoms with Crippen LogP contribution in [-0.2, 0) is 0 Å². The third kappa shape index (κ3) is 2.57. The fourth-order valence-electron chi connectivity index (χ4n) is 1.64. The van der Waals surface area contributed by atoms with Gasteiger partial charge in [0.1, 0.15) is 0 Å². The molecule has 1 aromatic carbocycles. The van der Waals surface area contributed by atoms with E-state index in [0.29, 0.717) is 0 Å². The normalized spacial score (nSPS) is 26.9. The Morgan fingerprint density at radius 1 is 1.13 bits per heavy atom. The van der Waals surface area contributed by atoms with Crippen molar-refractivity contribution in [2.75, 3.05) is 6.16 Å². The fourth-order valence-corrected chi connectivity index (χ4v) is 14.2. The number of hydrogen-bond donors (Lipinski definition) is 0. The van der Waals surface area contributed by atoms with Crippen molar-refractivity contribution in [3.05, 3.63) is 41.5 Å². The predicted molar refractivity (Wildman–Crippen MR) is 72.6 cm³/mol. The van der Waals surface area contributed by atoms with E-state index < -0.39 is 4.64 Å². The summed E-state index contributed by atoms with van der Waals surface area (Å²) in [6, 6.07) is 11.1. The van der Waals surface area contributed by atoms with Gasteiger partial charge in [0, 0.05) is 0 Å². The molecule has 0 amide bonds. The van der Waals surface area contributed by atoms with Crippen LogP contribution in [0.5, 0.6) is 0 Å². The van der Waals surface area contributed by atoms with Gasteiger partial charge in [0.05, 0.1) is 0 Å². The Bertz CT molecular complexity index is 386. The summed E-state index contributed by atoms with van der Waals surface area (Å²) in [4.78, 5) is 0. The molecular weight excluding hydrogens is 333 g/mol. The van der Waals surface area contributed by atoms with Crippen LogP contribution in [0.25, 0.3) is 0 Å². The molecule has 1 atom stereocenters. The van der Waals surface area contributed by atoms with Gasteiger partial charge in [0.15, 0.2) is 0 Å². The molecule has 0 N–H and O–H groups in total. The molecule has 2 rings (SSSR count). The van der Waals surface area contributed by atoms with Crippen molar-refractivity contribution in [1.82, 2.24) is 0 Å². The van der Waals surface area contributed by atoms with E-state index in [1.807, 2.05) is 0 Å². The summed E-state index contributed by atoms with van der Waals surface area (Å²) < 4.78 is -0.930. The van der Waals surface area contributed by atoms with Crippen molar-refractivity contribution in [3.8, 4) is 0 Å². The van der Waals surface area contributed by atoms with Gasteiger partial charge in [-0.25, -0.2) is 0 Å². The first kappa shape index (κ1) is 11.9. The first-order valence-corrected chi connectivity index (χ1v) is 12.7. The molecule has 1 aliphatic heterocycles. The van der Waals surface area contributed by atoms with Gasteiger partial charge in [-0.05, 0) is 0 Å². The third-order valence-corrected chi connectivity index (χ3v) is 17.4. The molecule has 0 bridgehead atoms. The minimum atomic E-state index is -0.930. The average Bonchev–Trinajstić information content (AvgIpc) is 2.26. The molecule has 0 spiro atoms. The van der Waals surface area contributed by atoms with E-state index in [1.165, 1.54) is 11.5 Å². The Hall–Kier alpha value is 0.429. The van der Waals surface area contributed by atoms with E-state index in [9.17, 15) is 0 Å². The number of allylic oxidation sites excluding steroid dienone is 2. The fraction of sp³-hybridized carbons (Fsp3) is 0.333. The number of rotatable bonds is 1. The van der Waals surface area contributed by atoms with Gasteiger partial charge >= 0.3 is 107 Å². The van der Waals surface area contributed by atoms with Crippen molar-refractivity contribution >= 4 is 40.0 Å². The van der Waals surface area contributed by atoms with Crippen molar-refractivity contribution < 1.29 is 0 Å². The average molecular weight is 348 g/mol. The number of benzene rings is 1. The molecule has 1 unspecified atom stereocenters. The SMILES string of the molecule is CC1=C(C)C[P+]([Se-])(c2ccccc2)[Se]C1. The zero-order chi connectivity index (χ0) is 10.9. The van der Waals surface area contributed by atoms with E-state index in [2.05, 4.69) is 59.7 Å². The Balaban J connectivity index is 2.31. The summed E-state index contributed by atoms with van der Waals surface area (Å²) in [6.45, 7) is 4.60. The second-order valence-corrected chi connectivity index (χ2v) is 20.0. The Morgan fingerprint density at radius 3 is 2.40 bits per heavy atom. The molecule has 1 aromatic rings. The van der Waals surface area contributed by atoms with Crippen LogP contribution < -0.4 is 5.30 Å². The summed E-state index contributed by atoms with van der Waals surface area (Å²) in [7, 11) is 0. The van der Waals surface area contributed by atoms with Crippen LogP contribution >= 0.6 is 4.64 Å². The number of hydrogen-bond acceptors (Lipinski definition) is 0. The topological polar surface area (TPSA) is 0 Å². The van der Waals surface area contributed by atoms with E-state index >= 15 is 0 Å². The predicted octanol–water partition coefficient (Wildman–Crippen LogP) is 2.80. The van der Waals surface area contributed by atoms with Crippen LogP contribution in [0, 0.1) is 0 Å². The Morgan fingerprint density at radius 2 is 1.80 bits per heavy atom. The molecular formula is C12H15PSe2. The van der Waals surface area contributed by atoms with Crippen LogP contribution in [-0.4, -0.2) is 36.2 Å². The molecule has 3 heteroatoms. The second kappa shape index (κ2) is 4.74. The van der Waals surface area contributed by atoms with Crippen LogP contribution in [0.2, 0.25) is 5.32 Å². The quantitative estimate of drug-likeness (QED) is 0.416. The third-order valence-electron chi connectivity index (χ3n) is 2.81. The van der Waals surface area contributed by atoms with Crippen LogP contribution in [0.4, 0.5) is 0 Å². The maximum atomic E-state index is 3.56. The van der Waals surface area contributed by atoms with Gasteiger partial charge in [-0.2, -0.15) is 0 Å². The molecule has 1 aliphatic rings. The van der Waals surface area contributed by atoms with Gasteiger partial charge in [-0.3, -0.25) is 0 Å². The monoisotopic (exact) mass is 350 g/mol. The summed E-state index contributed by atoms with van der Waals surface area (Å²) in [6.07, 6.45) is 1.31. The van der Waals surface area contributed by atoms with Crippen molar-refractivity contribution in [2.24, 2.45) is 0 Å². The van der Waals surface area contributed by atoms with Gasteiger partial charge < -0.3 is 0 Å². The Kier molecular flexibility index (Phi) is 3.76. The molecule has 0 aromatic heterocycles. The Labute approximate surface area is 106 Å². The van der Waals surface area contributed by atoms with Crippen LogP contribution in [0.15, 0.2) is 41.5 Å². The first-order valence-electron chi connectivity index (χ1n) is 5.06. The van der Waals surface area contributed by atoms with Crippen LogP contribution in [0.3, 0.4) is 0 Å². The van der Waals surface area contributed by atoms with Crippen molar-refractivity contribution in [1.29, 1.82) is 0 Å². The van der Waals surface area contributed by atoms with Crippen molar-refractivity contribution in [3.63, 3.8) is 0 Å². The summed E-state index contributed by atoms with van der Waals surface area (Å²) in [5.41, 5.74) is 3.26. The molecule has 0 saturated heterocycles. The minimum absolute atomic E-state index is 0.762. The summed E-state index contributed by atoms with van der Waals surface area (Å²) in [5, 5.41) is 2.92. The molecule has 80 valence electrons. The van der Waals surface area contributed by atoms with Gasteiger partial charge in [0.2, 0.25) is 0 Å². The summed E-state index contributed by atoms with van der Waals surface area (Å²) >= 11 is 4.33. The van der Waals surface area contributed by atoms with Gasteiger partial charge in [-0.1, -0.05) is 0 Å². The van der Waals surface area contributed by atoms with Gasteiger partial charge in [-0.15, -0.1) is 0 Å². The zero-order valence-electron chi connectivity index (χ0n) is 9.06. The van der Waals surface area contributed by atoms with E-state index in [-0.39, 0.29) is 0 Å². The molecule has 15 heavy (non-hydrogen) atoms. The first-order chi connectivity index (χ1) is 7.12. The van der Waals surface area contributed by atoms with E-state index in [1.54, 1.807) is 16.5 Å². The molecule has 1 heterocycles. The molecule has 0 aliphatic carbocycles. The van der Waals surface area contributed by atoms with Gasteiger partial charge in [0.25, 0.3) is 0 Å². The summed E-state index contributed by atoms with van der Waals surface area (Å²) in [5.74, 6) is 0. The maximum absolute atomic E-state index is 3.56. The molecule has 0 radical (unpaired) electrons. The van der Waals surface area contributed by atoms with E-state index in [4.69, 9.17) is 0 Å². The molecule has 0 saturated carbocycles. The standard InChI is InChI=1S/C12H15PSe2/c1-10-8-13(14,15-9-11(10)2)12-6-4-3-5-7-12/h3-7H,8-9H2,1-2H3. The van der Waals surface area contributed by atoms with Crippen LogP contribution in [0.1, 0.15) is 13.8 Å².